The molecule has 2 aliphatic rings. The van der Waals surface area contributed by atoms with Gasteiger partial charge >= 0.3 is 0 Å². The molecule has 18 heavy (non-hydrogen) atoms. The number of rotatable bonds is 4. The maximum atomic E-state index is 12.3. The van der Waals surface area contributed by atoms with E-state index in [2.05, 4.69) is 17.1 Å². The van der Waals surface area contributed by atoms with Gasteiger partial charge in [-0.15, -0.1) is 0 Å². The molecule has 0 aromatic heterocycles. The van der Waals surface area contributed by atoms with Gasteiger partial charge in [0, 0.05) is 19.1 Å². The summed E-state index contributed by atoms with van der Waals surface area (Å²) in [7, 11) is 0. The summed E-state index contributed by atoms with van der Waals surface area (Å²) in [5, 5.41) is 3.14. The van der Waals surface area contributed by atoms with Gasteiger partial charge in [-0.2, -0.15) is 0 Å². The predicted octanol–water partition coefficient (Wildman–Crippen LogP) is 0.962. The van der Waals surface area contributed by atoms with E-state index in [0.717, 1.165) is 38.9 Å². The van der Waals surface area contributed by atoms with Crippen molar-refractivity contribution in [2.24, 2.45) is 17.1 Å². The Kier molecular flexibility index (Phi) is 4.28. The van der Waals surface area contributed by atoms with Crippen molar-refractivity contribution in [2.75, 3.05) is 26.2 Å². The van der Waals surface area contributed by atoms with Gasteiger partial charge in [-0.25, -0.2) is 0 Å². The minimum Gasteiger partial charge on any atom is -0.355 e. The Labute approximate surface area is 110 Å². The molecule has 1 aliphatic heterocycles. The maximum Gasteiger partial charge on any atom is 0.227 e. The van der Waals surface area contributed by atoms with Crippen molar-refractivity contribution in [1.29, 1.82) is 0 Å². The number of nitrogens with two attached hydrogens (primary N) is 1. The molecule has 4 nitrogen and oxygen atoms in total. The number of amides is 1. The molecule has 1 amide bonds. The fourth-order valence-electron chi connectivity index (χ4n) is 3.28. The molecule has 1 saturated carbocycles. The van der Waals surface area contributed by atoms with Gasteiger partial charge < -0.3 is 16.0 Å². The molecule has 3 atom stereocenters. The number of likely N-dealkylation sites (tertiary alicyclic amines) is 1. The van der Waals surface area contributed by atoms with Gasteiger partial charge in [0.25, 0.3) is 0 Å². The molecule has 1 saturated heterocycles. The van der Waals surface area contributed by atoms with Crippen LogP contribution in [0.3, 0.4) is 0 Å². The molecule has 1 heterocycles. The highest BCUT2D eigenvalue weighted by Crippen LogP contribution is 2.36. The van der Waals surface area contributed by atoms with Crippen LogP contribution < -0.4 is 11.1 Å². The van der Waals surface area contributed by atoms with Crippen molar-refractivity contribution in [3.8, 4) is 0 Å². The van der Waals surface area contributed by atoms with E-state index in [1.165, 1.54) is 13.0 Å². The molecule has 3 unspecified atom stereocenters. The molecule has 104 valence electrons. The second-order valence-corrected chi connectivity index (χ2v) is 6.17. The van der Waals surface area contributed by atoms with E-state index in [4.69, 9.17) is 5.73 Å². The SMILES string of the molecule is CCN1CCC(CNC(=O)C2(C)CCCC2N)C1. The van der Waals surface area contributed by atoms with Crippen LogP contribution in [0.4, 0.5) is 0 Å². The van der Waals surface area contributed by atoms with Gasteiger partial charge in [-0.05, 0) is 45.2 Å². The summed E-state index contributed by atoms with van der Waals surface area (Å²) >= 11 is 0. The molecule has 3 N–H and O–H groups in total. The number of nitrogens with one attached hydrogen (secondary N) is 1. The van der Waals surface area contributed by atoms with E-state index in [9.17, 15) is 4.79 Å². The van der Waals surface area contributed by atoms with Gasteiger partial charge in [0.1, 0.15) is 0 Å². The van der Waals surface area contributed by atoms with Crippen molar-refractivity contribution in [1.82, 2.24) is 10.2 Å². The third-order valence-electron chi connectivity index (χ3n) is 4.92. The van der Waals surface area contributed by atoms with Crippen molar-refractivity contribution >= 4 is 5.91 Å². The van der Waals surface area contributed by atoms with Gasteiger partial charge in [0.05, 0.1) is 5.41 Å². The fraction of sp³-hybridized carbons (Fsp3) is 0.929. The Morgan fingerprint density at radius 3 is 2.83 bits per heavy atom. The normalized spacial score (nSPS) is 37.1. The van der Waals surface area contributed by atoms with Crippen LogP contribution >= 0.6 is 0 Å². The quantitative estimate of drug-likeness (QED) is 0.784. The number of carbonyl (C=O) groups is 1. The third-order valence-corrected chi connectivity index (χ3v) is 4.92. The minimum absolute atomic E-state index is 0.0354. The smallest absolute Gasteiger partial charge is 0.227 e. The average molecular weight is 253 g/mol. The van der Waals surface area contributed by atoms with Gasteiger partial charge in [0.15, 0.2) is 0 Å². The first-order chi connectivity index (χ1) is 8.56. The highest BCUT2D eigenvalue weighted by atomic mass is 16.2. The van der Waals surface area contributed by atoms with Crippen LogP contribution in [-0.4, -0.2) is 43.0 Å². The summed E-state index contributed by atoms with van der Waals surface area (Å²) in [5.41, 5.74) is 5.74. The van der Waals surface area contributed by atoms with Crippen LogP contribution in [0.1, 0.15) is 39.5 Å². The molecular weight excluding hydrogens is 226 g/mol. The van der Waals surface area contributed by atoms with E-state index in [0.29, 0.717) is 5.92 Å². The molecule has 4 heteroatoms. The number of hydrogen-bond acceptors (Lipinski definition) is 3. The second-order valence-electron chi connectivity index (χ2n) is 6.17. The Morgan fingerprint density at radius 1 is 1.50 bits per heavy atom. The summed E-state index contributed by atoms with van der Waals surface area (Å²) in [6.45, 7) is 8.45. The third kappa shape index (κ3) is 2.69. The Bertz CT molecular complexity index is 307. The largest absolute Gasteiger partial charge is 0.355 e. The second kappa shape index (κ2) is 5.57. The first kappa shape index (κ1) is 13.8. The van der Waals surface area contributed by atoms with E-state index in [1.54, 1.807) is 0 Å². The summed E-state index contributed by atoms with van der Waals surface area (Å²) in [4.78, 5) is 14.7. The molecule has 0 spiro atoms. The molecule has 2 rings (SSSR count). The number of hydrogen-bond donors (Lipinski definition) is 2. The number of carbonyl (C=O) groups excluding carboxylic acids is 1. The minimum atomic E-state index is -0.330. The highest BCUT2D eigenvalue weighted by molar-refractivity contribution is 5.83. The van der Waals surface area contributed by atoms with E-state index in [-0.39, 0.29) is 17.4 Å². The molecule has 0 aromatic carbocycles. The zero-order chi connectivity index (χ0) is 13.2. The first-order valence-corrected chi connectivity index (χ1v) is 7.32. The average Bonchev–Trinajstić information content (AvgIpc) is 2.95. The zero-order valence-electron chi connectivity index (χ0n) is 11.7. The zero-order valence-corrected chi connectivity index (χ0v) is 11.7. The summed E-state index contributed by atoms with van der Waals surface area (Å²) in [6, 6.07) is 0.0354. The first-order valence-electron chi connectivity index (χ1n) is 7.32. The van der Waals surface area contributed by atoms with Gasteiger partial charge in [0.2, 0.25) is 5.91 Å². The lowest BCUT2D eigenvalue weighted by Crippen LogP contribution is -2.48. The lowest BCUT2D eigenvalue weighted by atomic mass is 9.84. The fourth-order valence-corrected chi connectivity index (χ4v) is 3.28. The van der Waals surface area contributed by atoms with Crippen molar-refractivity contribution < 1.29 is 4.79 Å². The van der Waals surface area contributed by atoms with E-state index in [1.807, 2.05) is 6.92 Å². The van der Waals surface area contributed by atoms with Crippen LogP contribution in [-0.2, 0) is 4.79 Å². The standard InChI is InChI=1S/C14H27N3O/c1-3-17-8-6-11(10-17)9-16-13(18)14(2)7-4-5-12(14)15/h11-12H,3-10,15H2,1-2H3,(H,16,18). The van der Waals surface area contributed by atoms with Crippen molar-refractivity contribution in [2.45, 2.75) is 45.6 Å². The maximum absolute atomic E-state index is 12.3. The summed E-state index contributed by atoms with van der Waals surface area (Å²) in [5.74, 6) is 0.789. The Morgan fingerprint density at radius 2 is 2.28 bits per heavy atom. The van der Waals surface area contributed by atoms with Crippen molar-refractivity contribution in [3.63, 3.8) is 0 Å². The van der Waals surface area contributed by atoms with Crippen LogP contribution in [0.25, 0.3) is 0 Å². The van der Waals surface area contributed by atoms with Crippen LogP contribution in [0.5, 0.6) is 0 Å². The Balaban J connectivity index is 1.78. The van der Waals surface area contributed by atoms with Crippen LogP contribution in [0.2, 0.25) is 0 Å². The highest BCUT2D eigenvalue weighted by Gasteiger charge is 2.42. The van der Waals surface area contributed by atoms with E-state index >= 15 is 0 Å². The molecule has 0 bridgehead atoms. The Hall–Kier alpha value is -0.610. The molecule has 1 aliphatic carbocycles. The monoisotopic (exact) mass is 253 g/mol. The summed E-state index contributed by atoms with van der Waals surface area (Å²) < 4.78 is 0. The topological polar surface area (TPSA) is 58.4 Å². The lowest BCUT2D eigenvalue weighted by molar-refractivity contribution is -0.130. The lowest BCUT2D eigenvalue weighted by Gasteiger charge is -2.28. The predicted molar refractivity (Wildman–Crippen MR) is 73.2 cm³/mol. The van der Waals surface area contributed by atoms with Gasteiger partial charge in [-0.1, -0.05) is 13.3 Å². The van der Waals surface area contributed by atoms with E-state index < -0.39 is 0 Å². The molecule has 0 radical (unpaired) electrons. The molecular formula is C14H27N3O. The summed E-state index contributed by atoms with van der Waals surface area (Å²) in [6.07, 6.45) is 4.21. The van der Waals surface area contributed by atoms with Crippen LogP contribution in [0, 0.1) is 11.3 Å². The van der Waals surface area contributed by atoms with Crippen molar-refractivity contribution in [3.05, 3.63) is 0 Å². The van der Waals surface area contributed by atoms with Crippen LogP contribution in [0.15, 0.2) is 0 Å². The molecule has 0 aromatic rings. The molecule has 2 fully saturated rings. The van der Waals surface area contributed by atoms with Gasteiger partial charge in [-0.3, -0.25) is 4.79 Å². The number of nitrogens with zero attached hydrogens (tertiary/aromatic N) is 1.